The van der Waals surface area contributed by atoms with Gasteiger partial charge in [0, 0.05) is 25.9 Å². The van der Waals surface area contributed by atoms with Gasteiger partial charge in [-0.15, -0.1) is 0 Å². The lowest BCUT2D eigenvalue weighted by atomic mass is 10.2. The van der Waals surface area contributed by atoms with E-state index in [1.165, 1.54) is 6.20 Å². The third-order valence-corrected chi connectivity index (χ3v) is 2.67. The number of carbonyl (C=O) groups is 1. The Morgan fingerprint density at radius 3 is 3.00 bits per heavy atom. The number of amides is 1. The molecule has 2 heterocycles. The molecule has 17 heavy (non-hydrogen) atoms. The summed E-state index contributed by atoms with van der Waals surface area (Å²) in [6.07, 6.45) is 2.41. The van der Waals surface area contributed by atoms with Gasteiger partial charge in [0.2, 0.25) is 0 Å². The van der Waals surface area contributed by atoms with Crippen molar-refractivity contribution in [2.75, 3.05) is 31.7 Å². The van der Waals surface area contributed by atoms with Crippen LogP contribution in [0.15, 0.2) is 18.3 Å². The molecule has 0 unspecified atom stereocenters. The summed E-state index contributed by atoms with van der Waals surface area (Å²) in [6.45, 7) is 2.69. The average Bonchev–Trinajstić information content (AvgIpc) is 2.67. The maximum absolute atomic E-state index is 12.1. The zero-order valence-corrected chi connectivity index (χ0v) is 9.56. The number of anilines is 1. The van der Waals surface area contributed by atoms with Crippen LogP contribution in [0.2, 0.25) is 0 Å². The molecule has 1 fully saturated rings. The van der Waals surface area contributed by atoms with Crippen LogP contribution in [0.3, 0.4) is 0 Å². The van der Waals surface area contributed by atoms with Gasteiger partial charge >= 0.3 is 0 Å². The smallest absolute Gasteiger partial charge is 0.255 e. The zero-order chi connectivity index (χ0) is 12.1. The summed E-state index contributed by atoms with van der Waals surface area (Å²) in [5.41, 5.74) is 3.00. The van der Waals surface area contributed by atoms with Gasteiger partial charge in [0.05, 0.1) is 12.2 Å². The number of ether oxygens (including phenoxy) is 1. The number of nitrogens with zero attached hydrogens (tertiary/aromatic N) is 2. The van der Waals surface area contributed by atoms with Crippen LogP contribution in [0.25, 0.3) is 0 Å². The van der Waals surface area contributed by atoms with Crippen LogP contribution in [0.4, 0.5) is 5.82 Å². The fraction of sp³-hybridized carbons (Fsp3) is 0.455. The van der Waals surface area contributed by atoms with Gasteiger partial charge in [0.15, 0.2) is 0 Å². The lowest BCUT2D eigenvalue weighted by Crippen LogP contribution is -2.33. The number of nitrogen functional groups attached to an aromatic ring is 1. The van der Waals surface area contributed by atoms with Gasteiger partial charge in [-0.1, -0.05) is 0 Å². The van der Waals surface area contributed by atoms with E-state index >= 15 is 0 Å². The van der Waals surface area contributed by atoms with Gasteiger partial charge in [0.1, 0.15) is 5.82 Å². The Hall–Kier alpha value is -1.66. The third kappa shape index (κ3) is 2.92. The molecule has 92 valence electrons. The van der Waals surface area contributed by atoms with E-state index in [2.05, 4.69) is 10.4 Å². The number of hydrogen-bond donors (Lipinski definition) is 2. The molecule has 2 rings (SSSR count). The van der Waals surface area contributed by atoms with Gasteiger partial charge in [-0.05, 0) is 18.6 Å². The molecular formula is C11H16N4O2. The lowest BCUT2D eigenvalue weighted by Gasteiger charge is -2.19. The molecule has 3 N–H and O–H groups in total. The van der Waals surface area contributed by atoms with Crippen LogP contribution in [-0.4, -0.2) is 42.1 Å². The molecule has 0 aliphatic carbocycles. The number of hydrogen-bond acceptors (Lipinski definition) is 5. The predicted octanol–water partition coefficient (Wildman–Crippen LogP) is 0.230. The van der Waals surface area contributed by atoms with Crippen molar-refractivity contribution < 1.29 is 9.53 Å². The molecule has 0 bridgehead atoms. The Kier molecular flexibility index (Phi) is 3.89. The first-order valence-corrected chi connectivity index (χ1v) is 5.61. The maximum Gasteiger partial charge on any atom is 0.255 e. The van der Waals surface area contributed by atoms with E-state index in [-0.39, 0.29) is 5.91 Å². The van der Waals surface area contributed by atoms with Crippen molar-refractivity contribution in [3.05, 3.63) is 23.9 Å². The third-order valence-electron chi connectivity index (χ3n) is 2.67. The van der Waals surface area contributed by atoms with Crippen molar-refractivity contribution in [3.8, 4) is 0 Å². The second-order valence-electron chi connectivity index (χ2n) is 3.83. The average molecular weight is 236 g/mol. The van der Waals surface area contributed by atoms with Crippen molar-refractivity contribution in [1.82, 2.24) is 9.88 Å². The topological polar surface area (TPSA) is 80.5 Å². The standard InChI is InChI=1S/C11H16N4O2/c12-14-10-3-2-9(8-13-10)11(16)15-4-1-6-17-7-5-15/h2-3,8H,1,4-7,12H2,(H,13,14). The highest BCUT2D eigenvalue weighted by atomic mass is 16.5. The molecule has 1 aromatic heterocycles. The number of rotatable bonds is 2. The Morgan fingerprint density at radius 2 is 2.29 bits per heavy atom. The first kappa shape index (κ1) is 11.8. The van der Waals surface area contributed by atoms with E-state index in [1.54, 1.807) is 17.0 Å². The molecule has 0 aromatic carbocycles. The Bertz CT molecular complexity index is 372. The number of carbonyl (C=O) groups excluding carboxylic acids is 1. The molecule has 0 radical (unpaired) electrons. The zero-order valence-electron chi connectivity index (χ0n) is 9.56. The van der Waals surface area contributed by atoms with E-state index in [0.29, 0.717) is 24.5 Å². The van der Waals surface area contributed by atoms with E-state index in [9.17, 15) is 4.79 Å². The molecule has 0 atom stereocenters. The van der Waals surface area contributed by atoms with Crippen LogP contribution in [0.1, 0.15) is 16.8 Å². The van der Waals surface area contributed by atoms with Gasteiger partial charge in [-0.3, -0.25) is 4.79 Å². The van der Waals surface area contributed by atoms with Gasteiger partial charge in [-0.2, -0.15) is 0 Å². The Labute approximate surface area is 99.7 Å². The minimum atomic E-state index is -0.00780. The van der Waals surface area contributed by atoms with Crippen LogP contribution >= 0.6 is 0 Å². The van der Waals surface area contributed by atoms with Crippen LogP contribution in [-0.2, 0) is 4.74 Å². The second kappa shape index (κ2) is 5.60. The highest BCUT2D eigenvalue weighted by molar-refractivity contribution is 5.94. The molecule has 6 nitrogen and oxygen atoms in total. The van der Waals surface area contributed by atoms with E-state index in [0.717, 1.165) is 19.6 Å². The fourth-order valence-electron chi connectivity index (χ4n) is 1.74. The van der Waals surface area contributed by atoms with Gasteiger partial charge in [0.25, 0.3) is 5.91 Å². The summed E-state index contributed by atoms with van der Waals surface area (Å²) in [6, 6.07) is 3.40. The molecule has 1 aromatic rings. The number of aromatic nitrogens is 1. The Morgan fingerprint density at radius 1 is 1.41 bits per heavy atom. The lowest BCUT2D eigenvalue weighted by molar-refractivity contribution is 0.0741. The van der Waals surface area contributed by atoms with Crippen molar-refractivity contribution in [3.63, 3.8) is 0 Å². The normalized spacial score (nSPS) is 16.4. The van der Waals surface area contributed by atoms with Crippen molar-refractivity contribution in [2.24, 2.45) is 5.84 Å². The first-order chi connectivity index (χ1) is 8.31. The molecule has 0 saturated carbocycles. The quantitative estimate of drug-likeness (QED) is 0.567. The summed E-state index contributed by atoms with van der Waals surface area (Å²) >= 11 is 0. The summed E-state index contributed by atoms with van der Waals surface area (Å²) in [4.78, 5) is 17.9. The summed E-state index contributed by atoms with van der Waals surface area (Å²) in [5, 5.41) is 0. The molecule has 1 saturated heterocycles. The number of nitrogens with two attached hydrogens (primary N) is 1. The largest absolute Gasteiger partial charge is 0.380 e. The Balaban J connectivity index is 2.06. The monoisotopic (exact) mass is 236 g/mol. The molecule has 1 amide bonds. The second-order valence-corrected chi connectivity index (χ2v) is 3.83. The predicted molar refractivity (Wildman–Crippen MR) is 63.4 cm³/mol. The highest BCUT2D eigenvalue weighted by Gasteiger charge is 2.17. The number of pyridine rings is 1. The first-order valence-electron chi connectivity index (χ1n) is 5.61. The van der Waals surface area contributed by atoms with Gasteiger partial charge in [-0.25, -0.2) is 10.8 Å². The minimum Gasteiger partial charge on any atom is -0.380 e. The summed E-state index contributed by atoms with van der Waals surface area (Å²) in [5.74, 6) is 5.75. The summed E-state index contributed by atoms with van der Waals surface area (Å²) < 4.78 is 5.31. The van der Waals surface area contributed by atoms with E-state index in [4.69, 9.17) is 10.6 Å². The maximum atomic E-state index is 12.1. The van der Waals surface area contributed by atoms with Crippen molar-refractivity contribution in [2.45, 2.75) is 6.42 Å². The summed E-state index contributed by atoms with van der Waals surface area (Å²) in [7, 11) is 0. The number of nitrogens with one attached hydrogen (secondary N) is 1. The van der Waals surface area contributed by atoms with Crippen LogP contribution in [0.5, 0.6) is 0 Å². The van der Waals surface area contributed by atoms with E-state index < -0.39 is 0 Å². The fourth-order valence-corrected chi connectivity index (χ4v) is 1.74. The van der Waals surface area contributed by atoms with Crippen LogP contribution < -0.4 is 11.3 Å². The van der Waals surface area contributed by atoms with E-state index in [1.807, 2.05) is 0 Å². The van der Waals surface area contributed by atoms with Gasteiger partial charge < -0.3 is 15.1 Å². The molecule has 1 aliphatic rings. The molecular weight excluding hydrogens is 220 g/mol. The highest BCUT2D eigenvalue weighted by Crippen LogP contribution is 2.09. The number of hydrazine groups is 1. The van der Waals surface area contributed by atoms with Crippen LogP contribution in [0, 0.1) is 0 Å². The molecule has 0 spiro atoms. The molecule has 6 heteroatoms. The SMILES string of the molecule is NNc1ccc(C(=O)N2CCCOCC2)cn1. The van der Waals surface area contributed by atoms with Crippen molar-refractivity contribution in [1.29, 1.82) is 0 Å². The molecule has 1 aliphatic heterocycles. The van der Waals surface area contributed by atoms with Crippen molar-refractivity contribution >= 4 is 11.7 Å². The minimum absolute atomic E-state index is 0.00780.